The van der Waals surface area contributed by atoms with Crippen molar-refractivity contribution in [2.75, 3.05) is 6.61 Å². The second-order valence-corrected chi connectivity index (χ2v) is 16.8. The predicted octanol–water partition coefficient (Wildman–Crippen LogP) is 3.61. The molecule has 6 heteroatoms. The third-order valence-corrected chi connectivity index (χ3v) is 1.85. The summed E-state index contributed by atoms with van der Waals surface area (Å²) in [6.07, 6.45) is 0. The van der Waals surface area contributed by atoms with Gasteiger partial charge in [0.2, 0.25) is 0 Å². The van der Waals surface area contributed by atoms with Crippen LogP contribution < -0.4 is 0 Å². The van der Waals surface area contributed by atoms with E-state index in [-0.39, 0.29) is 19.2 Å². The molecule has 0 aliphatic carbocycles. The maximum absolute atomic E-state index is 10.9. The van der Waals surface area contributed by atoms with Crippen LogP contribution in [-0.4, -0.2) is 12.6 Å². The van der Waals surface area contributed by atoms with Crippen LogP contribution in [0, 0.1) is 0 Å². The number of esters is 1. The molecule has 1 aromatic heterocycles. The predicted molar refractivity (Wildman–Crippen MR) is 58.1 cm³/mol. The fourth-order valence-electron chi connectivity index (χ4n) is 0.597. The molecule has 0 saturated heterocycles. The maximum atomic E-state index is 10.9. The molecule has 0 aliphatic heterocycles. The van der Waals surface area contributed by atoms with Crippen LogP contribution in [-0.2, 0) is 17.9 Å². The van der Waals surface area contributed by atoms with Crippen molar-refractivity contribution < 1.29 is 22.7 Å². The molecule has 1 aromatic rings. The van der Waals surface area contributed by atoms with Crippen LogP contribution in [0.15, 0.2) is 17.5 Å². The number of rotatable bonds is 2. The van der Waals surface area contributed by atoms with Gasteiger partial charge in [0.05, 0.1) is 6.61 Å². The Hall–Kier alpha value is 0.753. The molecule has 0 aliphatic rings. The molecule has 0 bridgehead atoms. The fourth-order valence-corrected chi connectivity index (χ4v) is 1.21. The summed E-state index contributed by atoms with van der Waals surface area (Å²) < 4.78 is 4.76. The van der Waals surface area contributed by atoms with Crippen LogP contribution in [0.1, 0.15) is 16.6 Å². The second kappa shape index (κ2) is 9.31. The van der Waals surface area contributed by atoms with Crippen molar-refractivity contribution in [2.24, 2.45) is 0 Å². The molecule has 1 heterocycles. The monoisotopic (exact) mass is 378 g/mol. The third kappa shape index (κ3) is 6.78. The van der Waals surface area contributed by atoms with Gasteiger partial charge in [-0.3, -0.25) is 0 Å². The minimum absolute atomic E-state index is 0.225. The molecule has 1 rings (SSSR count). The summed E-state index contributed by atoms with van der Waals surface area (Å²) in [5.74, 6) is -0.225. The van der Waals surface area contributed by atoms with Crippen LogP contribution in [0.4, 0.5) is 0 Å². The molecular formula is C7H8Br2O2SZn. The molecule has 0 atom stereocenters. The van der Waals surface area contributed by atoms with Crippen LogP contribution in [0.25, 0.3) is 0 Å². The molecule has 2 nitrogen and oxygen atoms in total. The molecule has 0 N–H and O–H groups in total. The molecule has 0 spiro atoms. The van der Waals surface area contributed by atoms with E-state index in [0.29, 0.717) is 11.5 Å². The van der Waals surface area contributed by atoms with Crippen molar-refractivity contribution >= 4 is 44.6 Å². The van der Waals surface area contributed by atoms with Gasteiger partial charge in [-0.05, 0) is 18.4 Å². The molecule has 13 heavy (non-hydrogen) atoms. The summed E-state index contributed by atoms with van der Waals surface area (Å²) in [5, 5.41) is 1.85. The normalized spacial score (nSPS) is 7.92. The molecule has 0 fully saturated rings. The first-order valence-electron chi connectivity index (χ1n) is 3.58. The first-order chi connectivity index (χ1) is 6.26. The van der Waals surface area contributed by atoms with E-state index < -0.39 is 0 Å². The third-order valence-electron chi connectivity index (χ3n) is 0.998. The van der Waals surface area contributed by atoms with Gasteiger partial charge in [0, 0.05) is 0 Å². The Kier molecular flexibility index (Phi) is 9.85. The number of hydrogen-bond acceptors (Lipinski definition) is 3. The Labute approximate surface area is 102 Å². The summed E-state index contributed by atoms with van der Waals surface area (Å²) in [5.41, 5.74) is 0. The molecule has 0 saturated carbocycles. The fraction of sp³-hybridized carbons (Fsp3) is 0.286. The summed E-state index contributed by atoms with van der Waals surface area (Å²) in [6.45, 7) is 2.24. The first-order valence-corrected chi connectivity index (χ1v) is 18.4. The van der Waals surface area contributed by atoms with Gasteiger partial charge >= 0.3 is 46.4 Å². The van der Waals surface area contributed by atoms with Crippen LogP contribution in [0.2, 0.25) is 0 Å². The standard InChI is InChI=1S/C7H8O2S.2BrH.Zn/c1-2-9-7(8)6-4-3-5-10-6;;;/h3-5H,2H2,1H3;2*1H;/q;;;+2/p-2. The van der Waals surface area contributed by atoms with Gasteiger partial charge in [0.25, 0.3) is 0 Å². The summed E-state index contributed by atoms with van der Waals surface area (Å²) in [6, 6.07) is 3.58. The minimum atomic E-state index is -0.250. The van der Waals surface area contributed by atoms with Crippen molar-refractivity contribution in [2.45, 2.75) is 6.92 Å². The SMILES string of the molecule is CCOC(=O)c1cccs1.[Br][Zn][Br]. The summed E-state index contributed by atoms with van der Waals surface area (Å²) >= 11 is 7.65. The topological polar surface area (TPSA) is 26.3 Å². The van der Waals surface area contributed by atoms with Crippen molar-refractivity contribution in [3.05, 3.63) is 22.4 Å². The first kappa shape index (κ1) is 13.8. The van der Waals surface area contributed by atoms with Gasteiger partial charge in [-0.15, -0.1) is 11.3 Å². The van der Waals surface area contributed by atoms with Crippen LogP contribution in [0.3, 0.4) is 0 Å². The average Bonchev–Trinajstić information content (AvgIpc) is 2.58. The molecule has 0 aromatic carbocycles. The van der Waals surface area contributed by atoms with Crippen LogP contribution >= 0.6 is 38.6 Å². The number of halogens is 2. The van der Waals surface area contributed by atoms with Gasteiger partial charge in [-0.25, -0.2) is 4.79 Å². The Morgan fingerprint density at radius 2 is 2.31 bits per heavy atom. The quantitative estimate of drug-likeness (QED) is 0.578. The van der Waals surface area contributed by atoms with E-state index in [1.54, 1.807) is 13.0 Å². The van der Waals surface area contributed by atoms with Gasteiger partial charge in [0.15, 0.2) is 0 Å². The van der Waals surface area contributed by atoms with E-state index in [9.17, 15) is 4.79 Å². The number of carbonyl (C=O) groups excluding carboxylic acids is 1. The molecule has 70 valence electrons. The molecule has 0 unspecified atom stereocenters. The molecule has 0 radical (unpaired) electrons. The number of carbonyl (C=O) groups is 1. The van der Waals surface area contributed by atoms with Gasteiger partial charge in [-0.2, -0.15) is 0 Å². The van der Waals surface area contributed by atoms with E-state index in [2.05, 4.69) is 27.2 Å². The summed E-state index contributed by atoms with van der Waals surface area (Å²) in [4.78, 5) is 11.6. The van der Waals surface area contributed by atoms with E-state index >= 15 is 0 Å². The Morgan fingerprint density at radius 1 is 1.69 bits per heavy atom. The summed E-state index contributed by atoms with van der Waals surface area (Å²) in [7, 11) is 0. The number of ether oxygens (including phenoxy) is 1. The van der Waals surface area contributed by atoms with Crippen molar-refractivity contribution in [1.29, 1.82) is 0 Å². The van der Waals surface area contributed by atoms with Crippen molar-refractivity contribution in [3.8, 4) is 0 Å². The molecular weight excluding hydrogens is 373 g/mol. The van der Waals surface area contributed by atoms with E-state index in [0.717, 1.165) is 0 Å². The Bertz CT molecular complexity index is 228. The van der Waals surface area contributed by atoms with Crippen molar-refractivity contribution in [1.82, 2.24) is 0 Å². The zero-order valence-corrected chi connectivity index (χ0v) is 14.1. The van der Waals surface area contributed by atoms with Gasteiger partial charge in [0.1, 0.15) is 4.88 Å². The van der Waals surface area contributed by atoms with E-state index in [1.807, 2.05) is 11.4 Å². The Balaban J connectivity index is 0.000000424. The second-order valence-electron chi connectivity index (χ2n) is 1.80. The van der Waals surface area contributed by atoms with E-state index in [4.69, 9.17) is 4.74 Å². The van der Waals surface area contributed by atoms with Gasteiger partial charge < -0.3 is 4.74 Å². The molecule has 0 amide bonds. The van der Waals surface area contributed by atoms with E-state index in [1.165, 1.54) is 11.3 Å². The Morgan fingerprint density at radius 3 is 2.69 bits per heavy atom. The average molecular weight is 381 g/mol. The van der Waals surface area contributed by atoms with Crippen molar-refractivity contribution in [3.63, 3.8) is 0 Å². The number of hydrogen-bond donors (Lipinski definition) is 0. The van der Waals surface area contributed by atoms with Crippen LogP contribution in [0.5, 0.6) is 0 Å². The zero-order chi connectivity index (χ0) is 10.1. The number of thiophene rings is 1. The van der Waals surface area contributed by atoms with Gasteiger partial charge in [-0.1, -0.05) is 6.07 Å². The zero-order valence-electron chi connectivity index (χ0n) is 7.13.